The molecule has 0 aliphatic heterocycles. The zero-order chi connectivity index (χ0) is 15.2. The number of hydrogen-bond acceptors (Lipinski definition) is 4. The van der Waals surface area contributed by atoms with Crippen molar-refractivity contribution in [2.24, 2.45) is 0 Å². The average molecular weight is 290 g/mol. The predicted octanol–water partition coefficient (Wildman–Crippen LogP) is 1.76. The first-order chi connectivity index (χ1) is 10.2. The van der Waals surface area contributed by atoms with Gasteiger partial charge in [0.2, 0.25) is 0 Å². The van der Waals surface area contributed by atoms with Crippen molar-refractivity contribution in [2.75, 3.05) is 40.8 Å². The largest absolute Gasteiger partial charge is 0.494 e. The smallest absolute Gasteiger partial charge is 0.121 e. The van der Waals surface area contributed by atoms with Crippen molar-refractivity contribution >= 4 is 11.0 Å². The van der Waals surface area contributed by atoms with E-state index in [0.717, 1.165) is 43.1 Å². The van der Waals surface area contributed by atoms with Crippen molar-refractivity contribution in [3.05, 3.63) is 24.0 Å². The quantitative estimate of drug-likeness (QED) is 0.804. The van der Waals surface area contributed by atoms with Crippen LogP contribution in [-0.2, 0) is 13.0 Å². The number of nitrogens with zero attached hydrogens (tertiary/aromatic N) is 3. The van der Waals surface area contributed by atoms with Gasteiger partial charge in [-0.25, -0.2) is 4.98 Å². The zero-order valence-corrected chi connectivity index (χ0v) is 13.5. The fourth-order valence-corrected chi connectivity index (χ4v) is 2.39. The predicted molar refractivity (Wildman–Crippen MR) is 87.1 cm³/mol. The Morgan fingerprint density at radius 1 is 1.33 bits per heavy atom. The maximum Gasteiger partial charge on any atom is 0.121 e. The van der Waals surface area contributed by atoms with Gasteiger partial charge in [-0.15, -0.1) is 0 Å². The van der Waals surface area contributed by atoms with Crippen molar-refractivity contribution in [1.82, 2.24) is 19.8 Å². The van der Waals surface area contributed by atoms with Crippen LogP contribution in [0.4, 0.5) is 0 Å². The van der Waals surface area contributed by atoms with E-state index < -0.39 is 0 Å². The molecule has 2 rings (SSSR count). The molecule has 0 bridgehead atoms. The van der Waals surface area contributed by atoms with Crippen LogP contribution in [0.5, 0.6) is 5.75 Å². The molecule has 5 heteroatoms. The minimum Gasteiger partial charge on any atom is -0.494 e. The molecule has 2 aromatic rings. The van der Waals surface area contributed by atoms with Crippen LogP contribution in [0.2, 0.25) is 0 Å². The second kappa shape index (κ2) is 7.43. The number of rotatable bonds is 8. The fourth-order valence-electron chi connectivity index (χ4n) is 2.39. The maximum absolute atomic E-state index is 5.57. The first kappa shape index (κ1) is 15.8. The molecule has 0 saturated carbocycles. The lowest BCUT2D eigenvalue weighted by Gasteiger charge is -2.13. The third-order valence-electron chi connectivity index (χ3n) is 3.48. The maximum atomic E-state index is 5.57. The lowest BCUT2D eigenvalue weighted by Crippen LogP contribution is -2.21. The third-order valence-corrected chi connectivity index (χ3v) is 3.48. The van der Waals surface area contributed by atoms with Gasteiger partial charge in [0.05, 0.1) is 17.6 Å². The minimum atomic E-state index is 0.680. The Kier molecular flexibility index (Phi) is 5.59. The summed E-state index contributed by atoms with van der Waals surface area (Å²) in [5, 5.41) is 3.20. The van der Waals surface area contributed by atoms with E-state index in [9.17, 15) is 0 Å². The molecule has 116 valence electrons. The van der Waals surface area contributed by atoms with Crippen LogP contribution in [-0.4, -0.2) is 55.3 Å². The van der Waals surface area contributed by atoms with Crippen molar-refractivity contribution in [3.63, 3.8) is 0 Å². The van der Waals surface area contributed by atoms with Gasteiger partial charge >= 0.3 is 0 Å². The molecule has 1 heterocycles. The summed E-state index contributed by atoms with van der Waals surface area (Å²) in [4.78, 5) is 6.99. The van der Waals surface area contributed by atoms with E-state index >= 15 is 0 Å². The Hall–Kier alpha value is -1.59. The molecule has 1 aromatic carbocycles. The molecule has 0 atom stereocenters. The topological polar surface area (TPSA) is 42.3 Å². The number of nitrogens with one attached hydrogen (secondary N) is 1. The molecule has 0 fully saturated rings. The minimum absolute atomic E-state index is 0.680. The molecule has 1 N–H and O–H groups in total. The van der Waals surface area contributed by atoms with E-state index in [-0.39, 0.29) is 0 Å². The van der Waals surface area contributed by atoms with Gasteiger partial charge in [0, 0.05) is 32.1 Å². The molecule has 0 spiro atoms. The summed E-state index contributed by atoms with van der Waals surface area (Å²) in [6.07, 6.45) is 0.933. The number of fused-ring (bicyclic) bond motifs is 1. The lowest BCUT2D eigenvalue weighted by molar-refractivity contribution is 0.340. The fraction of sp³-hybridized carbons (Fsp3) is 0.562. The molecule has 0 saturated heterocycles. The van der Waals surface area contributed by atoms with E-state index in [1.54, 1.807) is 0 Å². The molecule has 0 aliphatic rings. The van der Waals surface area contributed by atoms with E-state index in [1.165, 1.54) is 5.52 Å². The van der Waals surface area contributed by atoms with E-state index in [4.69, 9.17) is 9.72 Å². The molecule has 0 radical (unpaired) electrons. The summed E-state index contributed by atoms with van der Waals surface area (Å²) < 4.78 is 7.89. The van der Waals surface area contributed by atoms with Gasteiger partial charge in [-0.1, -0.05) is 0 Å². The average Bonchev–Trinajstić information content (AvgIpc) is 2.80. The summed E-state index contributed by atoms with van der Waals surface area (Å²) in [5.41, 5.74) is 2.21. The van der Waals surface area contributed by atoms with Crippen molar-refractivity contribution in [1.29, 1.82) is 0 Å². The van der Waals surface area contributed by atoms with Gasteiger partial charge in [0.1, 0.15) is 11.6 Å². The van der Waals surface area contributed by atoms with E-state index in [2.05, 4.69) is 34.9 Å². The molecular formula is C16H26N4O. The third kappa shape index (κ3) is 3.95. The normalized spacial score (nSPS) is 11.5. The van der Waals surface area contributed by atoms with Crippen LogP contribution in [0.15, 0.2) is 18.2 Å². The van der Waals surface area contributed by atoms with Crippen LogP contribution < -0.4 is 10.1 Å². The first-order valence-electron chi connectivity index (χ1n) is 7.57. The Bertz CT molecular complexity index is 577. The zero-order valence-electron chi connectivity index (χ0n) is 13.5. The summed E-state index contributed by atoms with van der Waals surface area (Å²) >= 11 is 0. The van der Waals surface area contributed by atoms with Crippen LogP contribution in [0.3, 0.4) is 0 Å². The highest BCUT2D eigenvalue weighted by atomic mass is 16.5. The lowest BCUT2D eigenvalue weighted by atomic mass is 10.3. The summed E-state index contributed by atoms with van der Waals surface area (Å²) in [6, 6.07) is 6.18. The van der Waals surface area contributed by atoms with Crippen molar-refractivity contribution < 1.29 is 4.74 Å². The number of imidazole rings is 1. The molecular weight excluding hydrogens is 264 g/mol. The number of hydrogen-bond donors (Lipinski definition) is 1. The summed E-state index contributed by atoms with van der Waals surface area (Å²) in [6.45, 7) is 5.57. The first-order valence-corrected chi connectivity index (χ1v) is 7.57. The Labute approximate surface area is 126 Å². The highest BCUT2D eigenvalue weighted by molar-refractivity contribution is 5.77. The number of ether oxygens (including phenoxy) is 1. The van der Waals surface area contributed by atoms with Gasteiger partial charge in [-0.3, -0.25) is 0 Å². The molecule has 0 unspecified atom stereocenters. The van der Waals surface area contributed by atoms with Crippen LogP contribution in [0, 0.1) is 0 Å². The van der Waals surface area contributed by atoms with Crippen LogP contribution in [0.25, 0.3) is 11.0 Å². The number of benzene rings is 1. The van der Waals surface area contributed by atoms with E-state index in [1.807, 2.05) is 26.1 Å². The van der Waals surface area contributed by atoms with Crippen molar-refractivity contribution in [3.8, 4) is 5.75 Å². The van der Waals surface area contributed by atoms with Gasteiger partial charge in [0.25, 0.3) is 0 Å². The standard InChI is InChI=1S/C16H26N4O/c1-5-21-13-6-7-15-14(12-13)18-16(8-9-17-2)20(15)11-10-19(3)4/h6-7,12,17H,5,8-11H2,1-4H3. The second-order valence-corrected chi connectivity index (χ2v) is 5.42. The molecule has 0 amide bonds. The molecule has 1 aromatic heterocycles. The highest BCUT2D eigenvalue weighted by Gasteiger charge is 2.11. The van der Waals surface area contributed by atoms with E-state index in [0.29, 0.717) is 6.61 Å². The Balaban J connectivity index is 2.34. The molecule has 0 aliphatic carbocycles. The monoisotopic (exact) mass is 290 g/mol. The number of aromatic nitrogens is 2. The Morgan fingerprint density at radius 2 is 2.14 bits per heavy atom. The van der Waals surface area contributed by atoms with Gasteiger partial charge < -0.3 is 19.5 Å². The summed E-state index contributed by atoms with van der Waals surface area (Å²) in [7, 11) is 6.17. The van der Waals surface area contributed by atoms with Gasteiger partial charge in [0.15, 0.2) is 0 Å². The second-order valence-electron chi connectivity index (χ2n) is 5.42. The SMILES string of the molecule is CCOc1ccc2c(c1)nc(CCNC)n2CCN(C)C. The highest BCUT2D eigenvalue weighted by Crippen LogP contribution is 2.22. The van der Waals surface area contributed by atoms with Crippen LogP contribution >= 0.6 is 0 Å². The molecule has 5 nitrogen and oxygen atoms in total. The number of likely N-dealkylation sites (N-methyl/N-ethyl adjacent to an activating group) is 2. The van der Waals surface area contributed by atoms with Crippen molar-refractivity contribution in [2.45, 2.75) is 19.9 Å². The van der Waals surface area contributed by atoms with Gasteiger partial charge in [-0.2, -0.15) is 0 Å². The summed E-state index contributed by atoms with van der Waals surface area (Å²) in [5.74, 6) is 2.03. The molecule has 21 heavy (non-hydrogen) atoms. The van der Waals surface area contributed by atoms with Gasteiger partial charge in [-0.05, 0) is 40.2 Å². The Morgan fingerprint density at radius 3 is 2.81 bits per heavy atom. The van der Waals surface area contributed by atoms with Crippen LogP contribution in [0.1, 0.15) is 12.7 Å².